The fourth-order valence-electron chi connectivity index (χ4n) is 3.85. The van der Waals surface area contributed by atoms with Crippen LogP contribution in [0.5, 0.6) is 0 Å². The van der Waals surface area contributed by atoms with Gasteiger partial charge in [-0.05, 0) is 38.9 Å². The number of aromatic nitrogens is 5. The molecule has 1 N–H and O–H groups in total. The van der Waals surface area contributed by atoms with Gasteiger partial charge in [-0.15, -0.1) is 4.80 Å². The highest BCUT2D eigenvalue weighted by molar-refractivity contribution is 6.33. The van der Waals surface area contributed by atoms with Crippen molar-refractivity contribution in [2.45, 2.75) is 45.1 Å². The first-order valence-corrected chi connectivity index (χ1v) is 10.9. The molecule has 1 fully saturated rings. The highest BCUT2D eigenvalue weighted by Crippen LogP contribution is 2.32. The molecule has 35 heavy (non-hydrogen) atoms. The fourth-order valence-corrected chi connectivity index (χ4v) is 4.08. The number of carbonyl (C=O) groups is 1. The van der Waals surface area contributed by atoms with Crippen molar-refractivity contribution in [1.29, 1.82) is 0 Å². The number of hydrogen-bond acceptors (Lipinski definition) is 7. The summed E-state index contributed by atoms with van der Waals surface area (Å²) >= 11 is 6.03. The third-order valence-corrected chi connectivity index (χ3v) is 5.75. The van der Waals surface area contributed by atoms with Gasteiger partial charge >= 0.3 is 6.18 Å². The van der Waals surface area contributed by atoms with Gasteiger partial charge in [-0.1, -0.05) is 11.6 Å². The smallest absolute Gasteiger partial charge is 0.372 e. The van der Waals surface area contributed by atoms with Crippen LogP contribution in [0, 0.1) is 6.85 Å². The maximum Gasteiger partial charge on any atom is 0.417 e. The number of pyridine rings is 2. The lowest BCUT2D eigenvalue weighted by Crippen LogP contribution is -2.58. The average molecular weight is 513 g/mol. The molecule has 4 heterocycles. The Balaban J connectivity index is 1.66. The van der Waals surface area contributed by atoms with Crippen LogP contribution >= 0.6 is 11.6 Å². The Morgan fingerprint density at radius 1 is 1.31 bits per heavy atom. The Kier molecular flexibility index (Phi) is 5.89. The topological polar surface area (TPSA) is 98.1 Å². The van der Waals surface area contributed by atoms with E-state index in [1.54, 1.807) is 13.8 Å². The Bertz CT molecular complexity index is 1310. The lowest BCUT2D eigenvalue weighted by atomic mass is 10.0. The second-order valence-corrected chi connectivity index (χ2v) is 8.40. The first kappa shape index (κ1) is 21.1. The molecule has 1 saturated heterocycles. The van der Waals surface area contributed by atoms with Gasteiger partial charge in [0.15, 0.2) is 5.69 Å². The number of amides is 1. The number of hydrogen-bond donors (Lipinski definition) is 1. The average Bonchev–Trinajstić information content (AvgIpc) is 3.36. The van der Waals surface area contributed by atoms with Gasteiger partial charge < -0.3 is 15.0 Å². The number of alkyl halides is 3. The van der Waals surface area contributed by atoms with E-state index < -0.39 is 36.6 Å². The summed E-state index contributed by atoms with van der Waals surface area (Å²) < 4.78 is 68.0. The zero-order chi connectivity index (χ0) is 27.8. The first-order valence-electron chi connectivity index (χ1n) is 12.1. The van der Waals surface area contributed by atoms with E-state index in [0.29, 0.717) is 6.20 Å². The second kappa shape index (κ2) is 9.78. The van der Waals surface area contributed by atoms with Gasteiger partial charge in [-0.2, -0.15) is 23.4 Å². The molecule has 0 bridgehead atoms. The van der Waals surface area contributed by atoms with Crippen molar-refractivity contribution in [2.24, 2.45) is 0 Å². The van der Waals surface area contributed by atoms with E-state index in [1.165, 1.54) is 29.4 Å². The molecule has 1 amide bonds. The number of halogens is 4. The van der Waals surface area contributed by atoms with Gasteiger partial charge in [-0.25, -0.2) is 9.97 Å². The van der Waals surface area contributed by atoms with Crippen LogP contribution < -0.4 is 5.32 Å². The number of aryl methyl sites for hydroxylation is 1. The van der Waals surface area contributed by atoms with Crippen molar-refractivity contribution in [1.82, 2.24) is 29.9 Å². The Morgan fingerprint density at radius 3 is 2.71 bits per heavy atom. The molecule has 3 aromatic heterocycles. The predicted molar refractivity (Wildman–Crippen MR) is 121 cm³/mol. The van der Waals surface area contributed by atoms with Crippen LogP contribution in [-0.2, 0) is 10.9 Å². The number of carbonyl (C=O) groups excluding carboxylic acids is 1. The summed E-state index contributed by atoms with van der Waals surface area (Å²) in [5, 5.41) is 10.7. The molecule has 0 radical (unpaired) electrons. The molecule has 13 heteroatoms. The number of nitrogens with one attached hydrogen (secondary N) is 1. The summed E-state index contributed by atoms with van der Waals surface area (Å²) in [4.78, 5) is 24.5. The van der Waals surface area contributed by atoms with E-state index in [9.17, 15) is 18.0 Å². The summed E-state index contributed by atoms with van der Waals surface area (Å²) in [6.45, 7) is 1.10. The molecule has 0 aromatic carbocycles. The molecular weight excluding hydrogens is 487 g/mol. The van der Waals surface area contributed by atoms with Crippen LogP contribution in [0.1, 0.15) is 39.7 Å². The number of morpholine rings is 1. The minimum absolute atomic E-state index is 0.00171. The van der Waals surface area contributed by atoms with E-state index in [4.69, 9.17) is 20.5 Å². The van der Waals surface area contributed by atoms with E-state index >= 15 is 0 Å². The van der Waals surface area contributed by atoms with Gasteiger partial charge in [0.25, 0.3) is 5.91 Å². The van der Waals surface area contributed by atoms with Crippen LogP contribution in [-0.4, -0.2) is 67.1 Å². The van der Waals surface area contributed by atoms with E-state index in [1.807, 2.05) is 0 Å². The van der Waals surface area contributed by atoms with Crippen LogP contribution in [0.15, 0.2) is 36.8 Å². The number of anilines is 1. The normalized spacial score (nSPS) is 22.3. The summed E-state index contributed by atoms with van der Waals surface area (Å²) in [5.74, 6) is -0.592. The van der Waals surface area contributed by atoms with Crippen LogP contribution in [0.4, 0.5) is 19.0 Å². The SMILES string of the molecule is [2H]C([2H])([2H])c1ccc(-n2nccn2)c(C(=O)N2C[C@@H](C)O[C@@H](C)[C@H]2CNc2ncc(C(F)(F)F)cc2Cl)n1. The molecule has 0 unspecified atom stereocenters. The van der Waals surface area contributed by atoms with Gasteiger partial charge in [0.2, 0.25) is 0 Å². The van der Waals surface area contributed by atoms with Gasteiger partial charge in [0.1, 0.15) is 11.5 Å². The number of nitrogens with zero attached hydrogens (tertiary/aromatic N) is 6. The molecule has 0 spiro atoms. The monoisotopic (exact) mass is 512 g/mol. The summed E-state index contributed by atoms with van der Waals surface area (Å²) in [6.07, 6.45) is -2.02. The molecule has 0 aliphatic carbocycles. The highest BCUT2D eigenvalue weighted by Gasteiger charge is 2.38. The van der Waals surface area contributed by atoms with Crippen molar-refractivity contribution in [2.75, 3.05) is 18.4 Å². The largest absolute Gasteiger partial charge is 0.417 e. The molecule has 3 aromatic rings. The number of rotatable bonds is 5. The zero-order valence-corrected chi connectivity index (χ0v) is 19.4. The predicted octanol–water partition coefficient (Wildman–Crippen LogP) is 3.77. The molecule has 0 saturated carbocycles. The van der Waals surface area contributed by atoms with Crippen LogP contribution in [0.3, 0.4) is 0 Å². The Hall–Kier alpha value is -3.25. The molecule has 186 valence electrons. The van der Waals surface area contributed by atoms with Gasteiger partial charge in [0.05, 0.1) is 41.2 Å². The van der Waals surface area contributed by atoms with Crippen molar-refractivity contribution in [3.63, 3.8) is 0 Å². The molecule has 3 atom stereocenters. The van der Waals surface area contributed by atoms with Crippen molar-refractivity contribution < 1.29 is 26.8 Å². The standard InChI is InChI=1S/C22H23ClF3N7O2/c1-12-4-5-17(33-29-6-7-30-33)19(31-12)21(34)32-11-13(2)35-14(3)18(32)10-28-20-16(23)8-15(9-27-20)22(24,25)26/h4-9,13-14,18H,10-11H2,1-3H3,(H,27,28)/t13-,14+,18-/m1/s1/i1D3. The van der Waals surface area contributed by atoms with Gasteiger partial charge in [-0.3, -0.25) is 4.79 Å². The minimum Gasteiger partial charge on any atom is -0.372 e. The fraction of sp³-hybridized carbons (Fsp3) is 0.409. The second-order valence-electron chi connectivity index (χ2n) is 7.99. The van der Waals surface area contributed by atoms with Crippen molar-refractivity contribution >= 4 is 23.3 Å². The summed E-state index contributed by atoms with van der Waals surface area (Å²) in [5.41, 5.74) is -1.26. The summed E-state index contributed by atoms with van der Waals surface area (Å²) in [6, 6.07) is 2.81. The van der Waals surface area contributed by atoms with E-state index in [2.05, 4.69) is 25.5 Å². The Morgan fingerprint density at radius 2 is 2.06 bits per heavy atom. The molecule has 4 rings (SSSR count). The third-order valence-electron chi connectivity index (χ3n) is 5.46. The maximum atomic E-state index is 13.9. The quantitative estimate of drug-likeness (QED) is 0.555. The lowest BCUT2D eigenvalue weighted by molar-refractivity contribution is -0.137. The van der Waals surface area contributed by atoms with Crippen molar-refractivity contribution in [3.8, 4) is 5.69 Å². The first-order chi connectivity index (χ1) is 17.8. The molecule has 1 aliphatic heterocycles. The lowest BCUT2D eigenvalue weighted by Gasteiger charge is -2.43. The zero-order valence-electron chi connectivity index (χ0n) is 21.6. The maximum absolute atomic E-state index is 13.9. The summed E-state index contributed by atoms with van der Waals surface area (Å²) in [7, 11) is 0. The van der Waals surface area contributed by atoms with Gasteiger partial charge in [0, 0.05) is 29.1 Å². The van der Waals surface area contributed by atoms with Crippen LogP contribution in [0.25, 0.3) is 5.69 Å². The molecule has 1 aliphatic rings. The van der Waals surface area contributed by atoms with E-state index in [-0.39, 0.29) is 47.1 Å². The minimum atomic E-state index is -4.60. The molecule has 9 nitrogen and oxygen atoms in total. The van der Waals surface area contributed by atoms with Crippen LogP contribution in [0.2, 0.25) is 5.02 Å². The highest BCUT2D eigenvalue weighted by atomic mass is 35.5. The third kappa shape index (κ3) is 5.38. The number of ether oxygens (including phenoxy) is 1. The Labute approximate surface area is 208 Å². The molecular formula is C22H23ClF3N7O2. The van der Waals surface area contributed by atoms with E-state index in [0.717, 1.165) is 10.9 Å². The van der Waals surface area contributed by atoms with Crippen molar-refractivity contribution in [3.05, 3.63) is 58.8 Å².